The number of benzene rings is 2. The van der Waals surface area contributed by atoms with Crippen LogP contribution in [0.2, 0.25) is 0 Å². The van der Waals surface area contributed by atoms with Crippen molar-refractivity contribution in [2.24, 2.45) is 0 Å². The molecule has 2 aromatic rings. The molecule has 0 aliphatic rings. The minimum absolute atomic E-state index is 0.136. The largest absolute Gasteiger partial charge is 0.452 e. The summed E-state index contributed by atoms with van der Waals surface area (Å²) in [6.45, 7) is 1.54. The molecule has 6 heteroatoms. The molecular formula is C19H21NO4S. The average Bonchev–Trinajstić information content (AvgIpc) is 2.65. The number of nitrogens with zero attached hydrogens (tertiary/aromatic N) is 1. The highest BCUT2D eigenvalue weighted by molar-refractivity contribution is 7.84. The number of hydrogen-bond donors (Lipinski definition) is 0. The molecule has 0 unspecified atom stereocenters. The highest BCUT2D eigenvalue weighted by Crippen LogP contribution is 2.18. The molecule has 0 spiro atoms. The van der Waals surface area contributed by atoms with Crippen LogP contribution >= 0.6 is 0 Å². The van der Waals surface area contributed by atoms with Gasteiger partial charge in [0.1, 0.15) is 0 Å². The Hall–Kier alpha value is -2.47. The van der Waals surface area contributed by atoms with E-state index in [0.29, 0.717) is 4.90 Å². The van der Waals surface area contributed by atoms with Gasteiger partial charge < -0.3 is 9.64 Å². The van der Waals surface area contributed by atoms with Gasteiger partial charge in [0.15, 0.2) is 6.61 Å². The number of carbonyl (C=O) groups excluding carboxylic acids is 2. The Labute approximate surface area is 150 Å². The van der Waals surface area contributed by atoms with Crippen LogP contribution in [0.15, 0.2) is 59.5 Å². The molecule has 0 aliphatic carbocycles. The molecule has 0 aromatic heterocycles. The molecule has 0 radical (unpaired) electrons. The maximum absolute atomic E-state index is 12.3. The molecule has 0 heterocycles. The molecule has 0 saturated carbocycles. The summed E-state index contributed by atoms with van der Waals surface area (Å²) < 4.78 is 16.8. The number of hydrogen-bond acceptors (Lipinski definition) is 4. The van der Waals surface area contributed by atoms with E-state index in [0.717, 1.165) is 5.56 Å². The van der Waals surface area contributed by atoms with E-state index in [1.54, 1.807) is 31.3 Å². The summed E-state index contributed by atoms with van der Waals surface area (Å²) in [6, 6.07) is 16.0. The van der Waals surface area contributed by atoms with Crippen LogP contribution in [-0.2, 0) is 20.3 Å². The minimum atomic E-state index is -1.31. The summed E-state index contributed by atoms with van der Waals surface area (Å²) in [7, 11) is 0.357. The zero-order valence-electron chi connectivity index (χ0n) is 14.5. The number of esters is 1. The number of amides is 1. The molecule has 25 heavy (non-hydrogen) atoms. The van der Waals surface area contributed by atoms with Crippen LogP contribution in [0, 0.1) is 0 Å². The van der Waals surface area contributed by atoms with Gasteiger partial charge in [-0.1, -0.05) is 42.5 Å². The third kappa shape index (κ3) is 4.76. The first kappa shape index (κ1) is 18.9. The summed E-state index contributed by atoms with van der Waals surface area (Å²) in [5, 5.41) is 0. The van der Waals surface area contributed by atoms with E-state index < -0.39 is 16.8 Å². The third-order valence-corrected chi connectivity index (χ3v) is 4.98. The summed E-state index contributed by atoms with van der Waals surface area (Å²) in [4.78, 5) is 26.4. The quantitative estimate of drug-likeness (QED) is 0.744. The smallest absolute Gasteiger partial charge is 0.339 e. The summed E-state index contributed by atoms with van der Waals surface area (Å²) in [5.41, 5.74) is 1.21. The normalized spacial score (nSPS) is 12.9. The van der Waals surface area contributed by atoms with E-state index in [2.05, 4.69) is 0 Å². The highest BCUT2D eigenvalue weighted by atomic mass is 32.2. The average molecular weight is 359 g/mol. The Bertz CT molecular complexity index is 776. The third-order valence-electron chi connectivity index (χ3n) is 4.00. The van der Waals surface area contributed by atoms with Crippen molar-refractivity contribution in [2.75, 3.05) is 19.9 Å². The maximum atomic E-state index is 12.3. The van der Waals surface area contributed by atoms with E-state index in [4.69, 9.17) is 4.74 Å². The number of likely N-dealkylation sites (N-methyl/N-ethyl adjacent to an activating group) is 1. The van der Waals surface area contributed by atoms with E-state index in [9.17, 15) is 13.8 Å². The molecule has 2 atom stereocenters. The molecule has 0 aliphatic heterocycles. The van der Waals surface area contributed by atoms with Crippen molar-refractivity contribution < 1.29 is 18.5 Å². The van der Waals surface area contributed by atoms with Crippen molar-refractivity contribution in [1.82, 2.24) is 4.90 Å². The van der Waals surface area contributed by atoms with Crippen LogP contribution in [0.25, 0.3) is 0 Å². The standard InChI is InChI=1S/C19H21NO4S/c1-14(15-9-5-4-6-10-15)20(2)18(21)13-24-19(22)16-11-7-8-12-17(16)25(3)23/h4-12,14H,13H2,1-3H3/t14-,25+/m0/s1. The van der Waals surface area contributed by atoms with E-state index in [-0.39, 0.29) is 24.1 Å². The van der Waals surface area contributed by atoms with Crippen LogP contribution in [0.4, 0.5) is 0 Å². The van der Waals surface area contributed by atoms with Gasteiger partial charge in [-0.25, -0.2) is 4.79 Å². The van der Waals surface area contributed by atoms with Crippen LogP contribution in [0.5, 0.6) is 0 Å². The predicted molar refractivity (Wildman–Crippen MR) is 96.7 cm³/mol. The van der Waals surface area contributed by atoms with Gasteiger partial charge in [0.2, 0.25) is 0 Å². The molecule has 2 aromatic carbocycles. The van der Waals surface area contributed by atoms with Crippen LogP contribution in [0.1, 0.15) is 28.9 Å². The molecule has 0 saturated heterocycles. The lowest BCUT2D eigenvalue weighted by Gasteiger charge is -2.25. The zero-order chi connectivity index (χ0) is 18.4. The van der Waals surface area contributed by atoms with Crippen molar-refractivity contribution in [3.63, 3.8) is 0 Å². The first-order valence-corrected chi connectivity index (χ1v) is 9.37. The number of carbonyl (C=O) groups is 2. The lowest BCUT2D eigenvalue weighted by atomic mass is 10.1. The lowest BCUT2D eigenvalue weighted by Crippen LogP contribution is -2.33. The highest BCUT2D eigenvalue weighted by Gasteiger charge is 2.20. The van der Waals surface area contributed by atoms with Gasteiger partial charge in [-0.05, 0) is 24.6 Å². The SMILES string of the molecule is C[C@@H](c1ccccc1)N(C)C(=O)COC(=O)c1ccccc1[S@@](C)=O. The van der Waals surface area contributed by atoms with Crippen molar-refractivity contribution in [2.45, 2.75) is 17.9 Å². The fourth-order valence-electron chi connectivity index (χ4n) is 2.36. The first-order chi connectivity index (χ1) is 11.9. The summed E-state index contributed by atoms with van der Waals surface area (Å²) >= 11 is 0. The molecule has 0 fully saturated rings. The topological polar surface area (TPSA) is 63.7 Å². The Morgan fingerprint density at radius 2 is 1.68 bits per heavy atom. The summed E-state index contributed by atoms with van der Waals surface area (Å²) in [6.07, 6.45) is 1.49. The van der Waals surface area contributed by atoms with Crippen LogP contribution in [0.3, 0.4) is 0 Å². The summed E-state index contributed by atoms with van der Waals surface area (Å²) in [5.74, 6) is -0.959. The van der Waals surface area contributed by atoms with Crippen LogP contribution < -0.4 is 0 Å². The second-order valence-corrected chi connectivity index (χ2v) is 6.97. The number of rotatable bonds is 6. The van der Waals surface area contributed by atoms with Crippen LogP contribution in [-0.4, -0.2) is 40.9 Å². The monoisotopic (exact) mass is 359 g/mol. The van der Waals surface area contributed by atoms with Crippen molar-refractivity contribution in [1.29, 1.82) is 0 Å². The molecule has 1 amide bonds. The molecular weight excluding hydrogens is 338 g/mol. The Balaban J connectivity index is 2.00. The van der Waals surface area contributed by atoms with Crippen molar-refractivity contribution in [3.8, 4) is 0 Å². The van der Waals surface area contributed by atoms with Gasteiger partial charge in [0.25, 0.3) is 5.91 Å². The predicted octanol–water partition coefficient (Wildman–Crippen LogP) is 2.80. The fraction of sp³-hybridized carbons (Fsp3) is 0.263. The zero-order valence-corrected chi connectivity index (χ0v) is 15.3. The van der Waals surface area contributed by atoms with Gasteiger partial charge in [-0.2, -0.15) is 0 Å². The van der Waals surface area contributed by atoms with Crippen molar-refractivity contribution in [3.05, 3.63) is 65.7 Å². The van der Waals surface area contributed by atoms with Gasteiger partial charge in [-0.15, -0.1) is 0 Å². The molecule has 0 bridgehead atoms. The maximum Gasteiger partial charge on any atom is 0.339 e. The van der Waals surface area contributed by atoms with E-state index >= 15 is 0 Å². The van der Waals surface area contributed by atoms with Crippen molar-refractivity contribution >= 4 is 22.7 Å². The van der Waals surface area contributed by atoms with Gasteiger partial charge >= 0.3 is 5.97 Å². The Morgan fingerprint density at radius 1 is 1.08 bits per heavy atom. The first-order valence-electron chi connectivity index (χ1n) is 7.82. The van der Waals surface area contributed by atoms with Gasteiger partial charge in [0, 0.05) is 13.3 Å². The fourth-order valence-corrected chi connectivity index (χ4v) is 3.10. The second kappa shape index (κ2) is 8.58. The number of ether oxygens (including phenoxy) is 1. The molecule has 132 valence electrons. The van der Waals surface area contributed by atoms with E-state index in [1.807, 2.05) is 37.3 Å². The van der Waals surface area contributed by atoms with E-state index in [1.165, 1.54) is 11.2 Å². The molecule has 5 nitrogen and oxygen atoms in total. The Morgan fingerprint density at radius 3 is 2.32 bits per heavy atom. The Kier molecular flexibility index (Phi) is 6.47. The molecule has 2 rings (SSSR count). The van der Waals surface area contributed by atoms with Gasteiger partial charge in [-0.3, -0.25) is 9.00 Å². The minimum Gasteiger partial charge on any atom is -0.452 e. The second-order valence-electron chi connectivity index (χ2n) is 5.62. The van der Waals surface area contributed by atoms with Gasteiger partial charge in [0.05, 0.1) is 27.3 Å². The lowest BCUT2D eigenvalue weighted by molar-refractivity contribution is -0.135. The molecule has 0 N–H and O–H groups in total.